The average Bonchev–Trinajstić information content (AvgIpc) is 3.46. The van der Waals surface area contributed by atoms with Crippen LogP contribution in [-0.4, -0.2) is 96.7 Å². The number of aliphatic hydroxyl groups is 2. The van der Waals surface area contributed by atoms with Crippen LogP contribution in [-0.2, 0) is 21.6 Å². The van der Waals surface area contributed by atoms with Crippen LogP contribution in [0.15, 0.2) is 36.4 Å². The van der Waals surface area contributed by atoms with Gasteiger partial charge in [0.1, 0.15) is 17.9 Å². The van der Waals surface area contributed by atoms with Crippen molar-refractivity contribution in [1.82, 2.24) is 20.6 Å². The van der Waals surface area contributed by atoms with Crippen LogP contribution in [0.4, 0.5) is 0 Å². The molecule has 6 rings (SSSR count). The van der Waals surface area contributed by atoms with E-state index in [4.69, 9.17) is 9.57 Å². The molecule has 1 saturated heterocycles. The minimum atomic E-state index is -0.892. The number of carbonyl (C=O) groups is 2. The molecule has 2 aromatic carbocycles. The molecule has 10 nitrogen and oxygen atoms in total. The van der Waals surface area contributed by atoms with Crippen LogP contribution in [0.3, 0.4) is 0 Å². The minimum absolute atomic E-state index is 0.0276. The Morgan fingerprint density at radius 1 is 1.15 bits per heavy atom. The number of hydrogen-bond donors (Lipinski definition) is 4. The second-order valence-electron chi connectivity index (χ2n) is 18.0. The predicted octanol–water partition coefficient (Wildman–Crippen LogP) is 5.78. The summed E-state index contributed by atoms with van der Waals surface area (Å²) in [5.41, 5.74) is 4.11. The first-order valence-electron chi connectivity index (χ1n) is 19.7. The highest BCUT2D eigenvalue weighted by molar-refractivity contribution is 5.96. The van der Waals surface area contributed by atoms with Crippen LogP contribution >= 0.6 is 0 Å². The van der Waals surface area contributed by atoms with Crippen LogP contribution < -0.4 is 15.4 Å². The number of rotatable bonds is 14. The lowest BCUT2D eigenvalue weighted by atomic mass is 9.45. The zero-order valence-corrected chi connectivity index (χ0v) is 34.0. The molecule has 10 heteroatoms. The van der Waals surface area contributed by atoms with E-state index in [1.54, 1.807) is 19.1 Å². The fraction of sp³-hybridized carbons (Fsp3) is 0.674. The summed E-state index contributed by atoms with van der Waals surface area (Å²) < 4.78 is 6.11. The number of carbonyl (C=O) groups excluding carboxylic acids is 2. The van der Waals surface area contributed by atoms with Gasteiger partial charge in [-0.25, -0.2) is 0 Å². The summed E-state index contributed by atoms with van der Waals surface area (Å²) in [4.78, 5) is 36.5. The van der Waals surface area contributed by atoms with Crippen LogP contribution in [0.25, 0.3) is 11.1 Å². The Kier molecular flexibility index (Phi) is 12.7. The second kappa shape index (κ2) is 16.4. The molecule has 0 radical (unpaired) electrons. The summed E-state index contributed by atoms with van der Waals surface area (Å²) in [5, 5.41) is 29.6. The summed E-state index contributed by atoms with van der Waals surface area (Å²) in [6.07, 6.45) is 2.36. The number of nitrogens with zero attached hydrogens (tertiary/aromatic N) is 2. The smallest absolute Gasteiger partial charge is 0.251 e. The number of hydrogen-bond acceptors (Lipinski definition) is 8. The predicted molar refractivity (Wildman–Crippen MR) is 209 cm³/mol. The van der Waals surface area contributed by atoms with Crippen molar-refractivity contribution in [3.05, 3.63) is 53.1 Å². The van der Waals surface area contributed by atoms with E-state index >= 15 is 0 Å². The minimum Gasteiger partial charge on any atom is -0.496 e. The molecule has 53 heavy (non-hydrogen) atoms. The van der Waals surface area contributed by atoms with Gasteiger partial charge in [0.25, 0.3) is 5.91 Å². The van der Waals surface area contributed by atoms with Gasteiger partial charge in [0.05, 0.1) is 26.4 Å². The van der Waals surface area contributed by atoms with Crippen molar-refractivity contribution in [3.63, 3.8) is 0 Å². The highest BCUT2D eigenvalue weighted by Crippen LogP contribution is 2.61. The van der Waals surface area contributed by atoms with Gasteiger partial charge >= 0.3 is 0 Å². The molecule has 3 aliphatic carbocycles. The lowest BCUT2D eigenvalue weighted by molar-refractivity contribution is -0.183. The monoisotopic (exact) mass is 734 g/mol. The van der Waals surface area contributed by atoms with Gasteiger partial charge in [0.15, 0.2) is 0 Å². The van der Waals surface area contributed by atoms with E-state index < -0.39 is 24.2 Å². The van der Waals surface area contributed by atoms with Gasteiger partial charge in [0.2, 0.25) is 5.91 Å². The molecule has 9 atom stereocenters. The number of ether oxygens (including phenoxy) is 1. The number of methoxy groups -OCH3 is 1. The van der Waals surface area contributed by atoms with Gasteiger partial charge in [-0.05, 0) is 92.1 Å². The second-order valence-corrected chi connectivity index (χ2v) is 18.0. The quantitative estimate of drug-likeness (QED) is 0.193. The van der Waals surface area contributed by atoms with Crippen LogP contribution in [0.2, 0.25) is 0 Å². The summed E-state index contributed by atoms with van der Waals surface area (Å²) in [5.74, 6) is 1.15. The molecule has 294 valence electrons. The third-order valence-electron chi connectivity index (χ3n) is 12.6. The van der Waals surface area contributed by atoms with Crippen molar-refractivity contribution >= 4 is 11.8 Å². The van der Waals surface area contributed by atoms with Crippen molar-refractivity contribution in [2.24, 2.45) is 29.1 Å². The van der Waals surface area contributed by atoms with Crippen molar-refractivity contribution in [3.8, 4) is 16.9 Å². The largest absolute Gasteiger partial charge is 0.496 e. The maximum Gasteiger partial charge on any atom is 0.251 e. The van der Waals surface area contributed by atoms with E-state index in [1.165, 1.54) is 6.42 Å². The van der Waals surface area contributed by atoms with E-state index in [1.807, 2.05) is 44.4 Å². The third-order valence-corrected chi connectivity index (χ3v) is 12.6. The molecule has 0 aromatic heterocycles. The number of benzene rings is 2. The molecule has 2 aromatic rings. The molecule has 2 bridgehead atoms. The third kappa shape index (κ3) is 8.62. The van der Waals surface area contributed by atoms with Gasteiger partial charge in [-0.2, -0.15) is 5.06 Å². The van der Waals surface area contributed by atoms with Gasteiger partial charge in [-0.3, -0.25) is 14.4 Å². The summed E-state index contributed by atoms with van der Waals surface area (Å²) in [6, 6.07) is 11.2. The van der Waals surface area contributed by atoms with E-state index in [9.17, 15) is 19.8 Å². The molecule has 4 N–H and O–H groups in total. The number of hydroxylamine groups is 2. The first kappa shape index (κ1) is 41.1. The number of amides is 2. The summed E-state index contributed by atoms with van der Waals surface area (Å²) in [7, 11) is 5.66. The Morgan fingerprint density at radius 2 is 1.87 bits per heavy atom. The van der Waals surface area contributed by atoms with Crippen molar-refractivity contribution in [2.75, 3.05) is 34.4 Å². The molecule has 4 aliphatic rings. The molecule has 1 aliphatic heterocycles. The van der Waals surface area contributed by atoms with Gasteiger partial charge < -0.3 is 30.5 Å². The molecular weight excluding hydrogens is 668 g/mol. The molecule has 1 heterocycles. The van der Waals surface area contributed by atoms with E-state index in [0.29, 0.717) is 29.1 Å². The normalized spacial score (nSPS) is 27.9. The molecule has 4 fully saturated rings. The van der Waals surface area contributed by atoms with Crippen molar-refractivity contribution in [2.45, 2.75) is 123 Å². The van der Waals surface area contributed by atoms with E-state index in [2.05, 4.69) is 70.1 Å². The highest BCUT2D eigenvalue weighted by atomic mass is 16.7. The van der Waals surface area contributed by atoms with E-state index in [-0.39, 0.29) is 47.9 Å². The number of likely N-dealkylation sites (N-methyl/N-ethyl adjacent to an activating group) is 1. The Labute approximate surface area is 317 Å². The fourth-order valence-corrected chi connectivity index (χ4v) is 9.44. The van der Waals surface area contributed by atoms with Gasteiger partial charge in [-0.15, -0.1) is 0 Å². The first-order valence-corrected chi connectivity index (χ1v) is 19.7. The van der Waals surface area contributed by atoms with Crippen LogP contribution in [0.1, 0.15) is 103 Å². The summed E-state index contributed by atoms with van der Waals surface area (Å²) >= 11 is 0. The lowest BCUT2D eigenvalue weighted by Gasteiger charge is -2.62. The maximum atomic E-state index is 14.3. The fourth-order valence-electron chi connectivity index (χ4n) is 9.44. The van der Waals surface area contributed by atoms with E-state index in [0.717, 1.165) is 48.1 Å². The molecule has 3 saturated carbocycles. The average molecular weight is 735 g/mol. The highest BCUT2D eigenvalue weighted by Gasteiger charge is 2.57. The molecule has 0 unspecified atom stereocenters. The molecular formula is C43H66N4O6. The zero-order valence-electron chi connectivity index (χ0n) is 34.0. The summed E-state index contributed by atoms with van der Waals surface area (Å²) in [6.45, 7) is 17.7. The van der Waals surface area contributed by atoms with Crippen LogP contribution in [0, 0.1) is 29.1 Å². The van der Waals surface area contributed by atoms with Crippen molar-refractivity contribution < 1.29 is 29.4 Å². The first-order chi connectivity index (χ1) is 24.9. The lowest BCUT2D eigenvalue weighted by Crippen LogP contribution is -2.62. The Hall–Kier alpha value is -3.02. The Balaban J connectivity index is 1.47. The maximum absolute atomic E-state index is 14.3. The molecule has 0 spiro atoms. The Morgan fingerprint density at radius 3 is 2.43 bits per heavy atom. The van der Waals surface area contributed by atoms with Crippen molar-refractivity contribution in [1.29, 1.82) is 0 Å². The number of aliphatic hydroxyl groups excluding tert-OH is 2. The van der Waals surface area contributed by atoms with Gasteiger partial charge in [-0.1, -0.05) is 79.2 Å². The van der Waals surface area contributed by atoms with Gasteiger partial charge in [0, 0.05) is 41.2 Å². The zero-order chi connectivity index (χ0) is 39.0. The molecule has 2 amide bonds. The SMILES string of the molecule is CCC[C@@H](CN(C)C)NC(=O)c1cc(-c2cccc(CN3O[C@@H](CO)[C@H]([C@H](C)O)[C@H]3C(=O)N[C@H]3C[C@@H]4C[C@H]([C@@H]3C)C4(C)C)c2OC)cc(C(C)(C)C)c1. The number of nitrogens with one attached hydrogen (secondary N) is 2. The number of para-hydroxylation sites is 1. The Bertz CT molecular complexity index is 1600. The topological polar surface area (TPSA) is 124 Å². The number of fused-ring (bicyclic) bond motifs is 2. The standard InChI is InChI=1S/C43H66N4O6/c1-12-14-32(23-46(9)10)44-40(50)29-17-28(18-30(19-29)42(4,5)6)33-16-13-15-27(39(33)52-11)22-47-38(37(26(3)49)36(24-48)53-47)41(51)45-35-21-31-20-34(25(35)2)43(31,7)8/h13,15-19,25-26,31-32,34-38,48-49H,12,14,20-24H2,1-11H3,(H,44,50)(H,45,51)/t25-,26-,31-,32-,34+,35-,36-,37-,38-/m0/s1. The van der Waals surface area contributed by atoms with Crippen LogP contribution in [0.5, 0.6) is 5.75 Å².